The molecule has 6 heteroatoms. The average molecular weight is 578 g/mol. The molecule has 0 saturated heterocycles. The van der Waals surface area contributed by atoms with Gasteiger partial charge in [-0.3, -0.25) is 4.79 Å². The standard InChI is InChI=1S/C22H31NS2.C8H19N.C2H6.CH3NO/c1-5-6-7-8-9-16-25-20-13-11-19(12-14-20)21-17-18(2)10-15-22(21)23(3)24-4;1-3-5-8(7-9)6-4-2;1-2;2-1-3/h10-15,17H,5-9,16H2,1-4H3;8H,3-7,9H2,1-2H3;1-2H3;1H,(H2,2,3). The van der Waals surface area contributed by atoms with Gasteiger partial charge in [0.15, 0.2) is 0 Å². The van der Waals surface area contributed by atoms with Gasteiger partial charge in [0.25, 0.3) is 0 Å². The van der Waals surface area contributed by atoms with Crippen LogP contribution < -0.4 is 15.8 Å². The van der Waals surface area contributed by atoms with E-state index in [0.717, 1.165) is 12.5 Å². The number of nitrogens with zero attached hydrogens (tertiary/aromatic N) is 1. The Kier molecular flexibility index (Phi) is 28.3. The Hall–Kier alpha value is -1.63. The van der Waals surface area contributed by atoms with Crippen LogP contribution in [-0.2, 0) is 4.79 Å². The molecule has 0 spiro atoms. The Morgan fingerprint density at radius 3 is 1.95 bits per heavy atom. The number of primary amides is 1. The second-order valence-corrected chi connectivity index (χ2v) is 11.4. The van der Waals surface area contributed by atoms with Crippen LogP contribution in [0, 0.1) is 12.8 Å². The van der Waals surface area contributed by atoms with E-state index in [-0.39, 0.29) is 6.41 Å². The van der Waals surface area contributed by atoms with E-state index < -0.39 is 0 Å². The van der Waals surface area contributed by atoms with Crippen molar-refractivity contribution in [3.05, 3.63) is 48.0 Å². The Balaban J connectivity index is 0. The topological polar surface area (TPSA) is 72.3 Å². The summed E-state index contributed by atoms with van der Waals surface area (Å²) >= 11 is 3.73. The molecule has 2 aromatic carbocycles. The van der Waals surface area contributed by atoms with Crippen molar-refractivity contribution in [2.75, 3.05) is 29.9 Å². The van der Waals surface area contributed by atoms with Crippen LogP contribution >= 0.6 is 23.7 Å². The van der Waals surface area contributed by atoms with E-state index in [1.807, 2.05) is 25.6 Å². The second kappa shape index (κ2) is 27.9. The maximum atomic E-state index is 8.58. The van der Waals surface area contributed by atoms with Gasteiger partial charge < -0.3 is 15.8 Å². The summed E-state index contributed by atoms with van der Waals surface area (Å²) in [4.78, 5) is 9.96. The number of anilines is 1. The maximum absolute atomic E-state index is 8.58. The van der Waals surface area contributed by atoms with Crippen LogP contribution in [0.4, 0.5) is 5.69 Å². The average Bonchev–Trinajstić information content (AvgIpc) is 2.96. The van der Waals surface area contributed by atoms with Gasteiger partial charge in [0.05, 0.1) is 5.69 Å². The summed E-state index contributed by atoms with van der Waals surface area (Å²) in [6.07, 6.45) is 14.3. The van der Waals surface area contributed by atoms with Gasteiger partial charge in [-0.1, -0.05) is 109 Å². The fourth-order valence-electron chi connectivity index (χ4n) is 4.08. The van der Waals surface area contributed by atoms with Gasteiger partial charge >= 0.3 is 0 Å². The Bertz CT molecular complexity index is 809. The third-order valence-corrected chi connectivity index (χ3v) is 8.02. The van der Waals surface area contributed by atoms with Gasteiger partial charge in [-0.05, 0) is 74.2 Å². The number of unbranched alkanes of at least 4 members (excludes halogenated alkanes) is 4. The van der Waals surface area contributed by atoms with Gasteiger partial charge in [0.1, 0.15) is 0 Å². The minimum absolute atomic E-state index is 0.250. The summed E-state index contributed by atoms with van der Waals surface area (Å²) in [7, 11) is 2.13. The second-order valence-electron chi connectivity index (χ2n) is 9.30. The van der Waals surface area contributed by atoms with Crippen molar-refractivity contribution in [2.45, 2.75) is 104 Å². The zero-order valence-electron chi connectivity index (χ0n) is 26.3. The molecule has 0 aliphatic heterocycles. The van der Waals surface area contributed by atoms with Crippen molar-refractivity contribution in [2.24, 2.45) is 17.4 Å². The van der Waals surface area contributed by atoms with Gasteiger partial charge in [-0.25, -0.2) is 0 Å². The van der Waals surface area contributed by atoms with E-state index in [4.69, 9.17) is 10.5 Å². The van der Waals surface area contributed by atoms with Crippen LogP contribution in [0.15, 0.2) is 47.4 Å². The van der Waals surface area contributed by atoms with E-state index in [2.05, 4.69) is 93.5 Å². The maximum Gasteiger partial charge on any atom is 0.204 e. The van der Waals surface area contributed by atoms with Crippen molar-refractivity contribution in [1.29, 1.82) is 0 Å². The Morgan fingerprint density at radius 2 is 1.46 bits per heavy atom. The lowest BCUT2D eigenvalue weighted by molar-refractivity contribution is -0.106. The van der Waals surface area contributed by atoms with E-state index in [0.29, 0.717) is 0 Å². The molecule has 0 atom stereocenters. The smallest absolute Gasteiger partial charge is 0.204 e. The predicted octanol–water partition coefficient (Wildman–Crippen LogP) is 9.73. The molecule has 0 fully saturated rings. The third-order valence-electron chi connectivity index (χ3n) is 6.17. The highest BCUT2D eigenvalue weighted by Crippen LogP contribution is 2.34. The largest absolute Gasteiger partial charge is 0.372 e. The molecule has 0 aliphatic carbocycles. The van der Waals surface area contributed by atoms with Crippen molar-refractivity contribution >= 4 is 35.8 Å². The van der Waals surface area contributed by atoms with Crippen LogP contribution in [0.5, 0.6) is 0 Å². The third kappa shape index (κ3) is 19.1. The first-order valence-electron chi connectivity index (χ1n) is 14.9. The highest BCUT2D eigenvalue weighted by molar-refractivity contribution is 8.00. The van der Waals surface area contributed by atoms with Gasteiger partial charge in [-0.15, -0.1) is 11.8 Å². The lowest BCUT2D eigenvalue weighted by Crippen LogP contribution is -2.13. The van der Waals surface area contributed by atoms with Crippen molar-refractivity contribution in [3.63, 3.8) is 0 Å². The molecule has 0 radical (unpaired) electrons. The van der Waals surface area contributed by atoms with E-state index >= 15 is 0 Å². The van der Waals surface area contributed by atoms with Crippen LogP contribution in [0.1, 0.15) is 98.0 Å². The number of benzene rings is 2. The van der Waals surface area contributed by atoms with Crippen molar-refractivity contribution in [3.8, 4) is 11.1 Å². The fraction of sp³-hybridized carbons (Fsp3) is 0.606. The highest BCUT2D eigenvalue weighted by Gasteiger charge is 2.09. The summed E-state index contributed by atoms with van der Waals surface area (Å²) in [5, 5.41) is 0. The fourth-order valence-corrected chi connectivity index (χ4v) is 5.35. The molecule has 2 rings (SSSR count). The van der Waals surface area contributed by atoms with E-state index in [1.54, 1.807) is 11.9 Å². The lowest BCUT2D eigenvalue weighted by Gasteiger charge is -2.20. The molecule has 1 amide bonds. The van der Waals surface area contributed by atoms with Crippen molar-refractivity contribution in [1.82, 2.24) is 0 Å². The van der Waals surface area contributed by atoms with Gasteiger partial charge in [0.2, 0.25) is 6.41 Å². The number of carbonyl (C=O) groups is 1. The number of rotatable bonds is 15. The minimum atomic E-state index is 0.250. The van der Waals surface area contributed by atoms with Crippen LogP contribution in [-0.4, -0.2) is 32.0 Å². The highest BCUT2D eigenvalue weighted by atomic mass is 32.2. The number of carbonyl (C=O) groups excluding carboxylic acids is 1. The van der Waals surface area contributed by atoms with E-state index in [1.165, 1.54) is 90.8 Å². The molecule has 224 valence electrons. The zero-order valence-corrected chi connectivity index (χ0v) is 27.9. The minimum Gasteiger partial charge on any atom is -0.372 e. The first kappa shape index (κ1) is 39.5. The summed E-state index contributed by atoms with van der Waals surface area (Å²) in [5.74, 6) is 2.02. The molecule has 0 heterocycles. The first-order valence-corrected chi connectivity index (χ1v) is 17.1. The van der Waals surface area contributed by atoms with Crippen LogP contribution in [0.3, 0.4) is 0 Å². The molecule has 4 N–H and O–H groups in total. The molecule has 4 nitrogen and oxygen atoms in total. The zero-order chi connectivity index (χ0) is 29.9. The molecule has 0 aromatic heterocycles. The number of nitrogens with two attached hydrogens (primary N) is 2. The number of aryl methyl sites for hydroxylation is 1. The number of amides is 1. The molecule has 0 aliphatic rings. The molecular formula is C33H59N3OS2. The van der Waals surface area contributed by atoms with Crippen LogP contribution in [0.2, 0.25) is 0 Å². The molecule has 0 unspecified atom stereocenters. The van der Waals surface area contributed by atoms with E-state index in [9.17, 15) is 0 Å². The summed E-state index contributed by atoms with van der Waals surface area (Å²) in [5.41, 5.74) is 14.9. The number of hydrogen-bond donors (Lipinski definition) is 2. The first-order chi connectivity index (χ1) is 18.9. The predicted molar refractivity (Wildman–Crippen MR) is 182 cm³/mol. The quantitative estimate of drug-likeness (QED) is 0.0954. The van der Waals surface area contributed by atoms with Crippen LogP contribution in [0.25, 0.3) is 11.1 Å². The molecule has 0 bridgehead atoms. The molecular weight excluding hydrogens is 519 g/mol. The number of thioether (sulfide) groups is 1. The van der Waals surface area contributed by atoms with Gasteiger partial charge in [-0.2, -0.15) is 0 Å². The molecule has 39 heavy (non-hydrogen) atoms. The summed E-state index contributed by atoms with van der Waals surface area (Å²) in [6.45, 7) is 13.8. The van der Waals surface area contributed by atoms with Gasteiger partial charge in [0, 0.05) is 23.8 Å². The Morgan fingerprint density at radius 1 is 0.897 bits per heavy atom. The summed E-state index contributed by atoms with van der Waals surface area (Å²) < 4.78 is 2.23. The SMILES string of the molecule is CC.CCCC(CN)CCC.CCCCCCCSc1ccc(-c2cc(C)ccc2N(C)SC)cc1.NC=O. The summed E-state index contributed by atoms with van der Waals surface area (Å²) in [6, 6.07) is 15.8. The number of hydrogen-bond acceptors (Lipinski definition) is 5. The normalized spacial score (nSPS) is 9.90. The lowest BCUT2D eigenvalue weighted by atomic mass is 9.99. The molecule has 2 aromatic rings. The van der Waals surface area contributed by atoms with Crippen molar-refractivity contribution < 1.29 is 4.79 Å². The monoisotopic (exact) mass is 577 g/mol. The Labute approximate surface area is 250 Å². The molecule has 0 saturated carbocycles.